The van der Waals surface area contributed by atoms with Gasteiger partial charge in [0.25, 0.3) is 0 Å². The van der Waals surface area contributed by atoms with Crippen LogP contribution in [0.25, 0.3) is 0 Å². The van der Waals surface area contributed by atoms with Crippen LogP contribution >= 0.6 is 0 Å². The van der Waals surface area contributed by atoms with E-state index in [0.29, 0.717) is 11.3 Å². The van der Waals surface area contributed by atoms with Crippen LogP contribution in [0.3, 0.4) is 0 Å². The van der Waals surface area contributed by atoms with Gasteiger partial charge < -0.3 is 9.47 Å². The van der Waals surface area contributed by atoms with E-state index in [1.807, 2.05) is 0 Å². The second-order valence-corrected chi connectivity index (χ2v) is 3.84. The zero-order chi connectivity index (χ0) is 12.4. The molecule has 1 aliphatic heterocycles. The summed E-state index contributed by atoms with van der Waals surface area (Å²) in [6.45, 7) is 0. The zero-order valence-corrected chi connectivity index (χ0v) is 9.23. The smallest absolute Gasteiger partial charge is 0.314 e. The molecule has 1 heterocycles. The van der Waals surface area contributed by atoms with E-state index in [1.165, 1.54) is 25.3 Å². The lowest BCUT2D eigenvalue weighted by Gasteiger charge is -2.21. The Hall–Kier alpha value is -1.91. The number of benzene rings is 1. The van der Waals surface area contributed by atoms with E-state index in [-0.39, 0.29) is 18.8 Å². The standard InChI is InChI=1S/C12H11FO4/c1-16-10-6-8(13)2-3-9(10)7-4-11(14)17-12(15)5-7/h2-3,6-7H,4-5H2,1H3. The number of methoxy groups -OCH3 is 1. The molecule has 5 heteroatoms. The van der Waals surface area contributed by atoms with Gasteiger partial charge in [0.1, 0.15) is 11.6 Å². The van der Waals surface area contributed by atoms with Crippen molar-refractivity contribution in [3.05, 3.63) is 29.6 Å². The Balaban J connectivity index is 2.32. The van der Waals surface area contributed by atoms with E-state index < -0.39 is 17.8 Å². The van der Waals surface area contributed by atoms with Gasteiger partial charge in [0.15, 0.2) is 0 Å². The second-order valence-electron chi connectivity index (χ2n) is 3.84. The molecule has 2 rings (SSSR count). The largest absolute Gasteiger partial charge is 0.496 e. The molecular formula is C12H11FO4. The zero-order valence-electron chi connectivity index (χ0n) is 9.23. The number of esters is 2. The Morgan fingerprint density at radius 2 is 1.94 bits per heavy atom. The average Bonchev–Trinajstić information content (AvgIpc) is 2.27. The van der Waals surface area contributed by atoms with Crippen LogP contribution < -0.4 is 4.74 Å². The van der Waals surface area contributed by atoms with E-state index in [2.05, 4.69) is 4.74 Å². The van der Waals surface area contributed by atoms with Crippen molar-refractivity contribution in [1.29, 1.82) is 0 Å². The van der Waals surface area contributed by atoms with Gasteiger partial charge in [-0.15, -0.1) is 0 Å². The number of hydrogen-bond donors (Lipinski definition) is 0. The fraction of sp³-hybridized carbons (Fsp3) is 0.333. The van der Waals surface area contributed by atoms with Crippen molar-refractivity contribution in [2.75, 3.05) is 7.11 Å². The van der Waals surface area contributed by atoms with E-state index >= 15 is 0 Å². The Morgan fingerprint density at radius 3 is 2.53 bits per heavy atom. The van der Waals surface area contributed by atoms with E-state index in [1.54, 1.807) is 0 Å². The van der Waals surface area contributed by atoms with Crippen molar-refractivity contribution < 1.29 is 23.5 Å². The molecule has 0 aliphatic carbocycles. The maximum Gasteiger partial charge on any atom is 0.314 e. The molecule has 0 amide bonds. The van der Waals surface area contributed by atoms with Gasteiger partial charge in [-0.3, -0.25) is 9.59 Å². The third-order valence-electron chi connectivity index (χ3n) is 2.69. The summed E-state index contributed by atoms with van der Waals surface area (Å²) in [7, 11) is 1.42. The quantitative estimate of drug-likeness (QED) is 0.582. The molecular weight excluding hydrogens is 227 g/mol. The minimum atomic E-state index is -0.558. The molecule has 0 saturated carbocycles. The summed E-state index contributed by atoms with van der Waals surface area (Å²) >= 11 is 0. The third kappa shape index (κ3) is 2.43. The maximum absolute atomic E-state index is 13.0. The lowest BCUT2D eigenvalue weighted by molar-refractivity contribution is -0.163. The van der Waals surface area contributed by atoms with Gasteiger partial charge in [-0.25, -0.2) is 4.39 Å². The summed E-state index contributed by atoms with van der Waals surface area (Å²) in [4.78, 5) is 22.3. The Kier molecular flexibility index (Phi) is 3.08. The van der Waals surface area contributed by atoms with E-state index in [9.17, 15) is 14.0 Å². The highest BCUT2D eigenvalue weighted by atomic mass is 19.1. The molecule has 0 unspecified atom stereocenters. The molecule has 17 heavy (non-hydrogen) atoms. The number of hydrogen-bond acceptors (Lipinski definition) is 4. The normalized spacial score (nSPS) is 16.8. The van der Waals surface area contributed by atoms with Crippen molar-refractivity contribution >= 4 is 11.9 Å². The molecule has 0 N–H and O–H groups in total. The third-order valence-corrected chi connectivity index (χ3v) is 2.69. The topological polar surface area (TPSA) is 52.6 Å². The van der Waals surface area contributed by atoms with Gasteiger partial charge in [-0.2, -0.15) is 0 Å². The number of halogens is 1. The van der Waals surface area contributed by atoms with Crippen LogP contribution in [-0.2, 0) is 14.3 Å². The Bertz CT molecular complexity index is 454. The van der Waals surface area contributed by atoms with Crippen LogP contribution in [0.1, 0.15) is 24.3 Å². The summed E-state index contributed by atoms with van der Waals surface area (Å²) in [5.74, 6) is -1.50. The fourth-order valence-electron chi connectivity index (χ4n) is 1.93. The highest BCUT2D eigenvalue weighted by Crippen LogP contribution is 2.34. The fourth-order valence-corrected chi connectivity index (χ4v) is 1.93. The van der Waals surface area contributed by atoms with Gasteiger partial charge in [0.05, 0.1) is 20.0 Å². The molecule has 1 saturated heterocycles. The van der Waals surface area contributed by atoms with Gasteiger partial charge >= 0.3 is 11.9 Å². The lowest BCUT2D eigenvalue weighted by atomic mass is 9.90. The summed E-state index contributed by atoms with van der Waals surface area (Å²) < 4.78 is 22.5. The van der Waals surface area contributed by atoms with Crippen molar-refractivity contribution in [3.8, 4) is 5.75 Å². The van der Waals surface area contributed by atoms with Gasteiger partial charge in [0.2, 0.25) is 0 Å². The van der Waals surface area contributed by atoms with Gasteiger partial charge in [0, 0.05) is 12.0 Å². The highest BCUT2D eigenvalue weighted by Gasteiger charge is 2.30. The summed E-state index contributed by atoms with van der Waals surface area (Å²) in [6.07, 6.45) is 0.210. The van der Waals surface area contributed by atoms with Crippen molar-refractivity contribution in [2.24, 2.45) is 0 Å². The predicted octanol–water partition coefficient (Wildman–Crippen LogP) is 1.78. The first-order chi connectivity index (χ1) is 8.10. The van der Waals surface area contributed by atoms with Crippen LogP contribution in [0.2, 0.25) is 0 Å². The number of rotatable bonds is 2. The molecule has 1 aromatic carbocycles. The van der Waals surface area contributed by atoms with E-state index in [4.69, 9.17) is 4.74 Å². The molecule has 0 radical (unpaired) electrons. The molecule has 0 bridgehead atoms. The maximum atomic E-state index is 13.0. The first-order valence-electron chi connectivity index (χ1n) is 5.17. The summed E-state index contributed by atoms with van der Waals surface area (Å²) in [5, 5.41) is 0. The molecule has 0 spiro atoms. The minimum Gasteiger partial charge on any atom is -0.496 e. The van der Waals surface area contributed by atoms with E-state index in [0.717, 1.165) is 0 Å². The van der Waals surface area contributed by atoms with Crippen LogP contribution in [-0.4, -0.2) is 19.0 Å². The molecule has 1 aliphatic rings. The number of carbonyl (C=O) groups excluding carboxylic acids is 2. The Labute approximate surface area is 97.3 Å². The minimum absolute atomic E-state index is 0.105. The molecule has 0 atom stereocenters. The average molecular weight is 238 g/mol. The summed E-state index contributed by atoms with van der Waals surface area (Å²) in [5.41, 5.74) is 0.652. The monoisotopic (exact) mass is 238 g/mol. The second kappa shape index (κ2) is 4.53. The van der Waals surface area contributed by atoms with Crippen LogP contribution in [0, 0.1) is 5.82 Å². The number of carbonyl (C=O) groups is 2. The molecule has 1 fully saturated rings. The first kappa shape index (κ1) is 11.6. The molecule has 1 aromatic rings. The lowest BCUT2D eigenvalue weighted by Crippen LogP contribution is -2.24. The summed E-state index contributed by atoms with van der Waals surface area (Å²) in [6, 6.07) is 4.05. The number of cyclic esters (lactones) is 2. The molecule has 0 aromatic heterocycles. The van der Waals surface area contributed by atoms with Crippen molar-refractivity contribution in [3.63, 3.8) is 0 Å². The molecule has 90 valence electrons. The van der Waals surface area contributed by atoms with Gasteiger partial charge in [-0.1, -0.05) is 6.07 Å². The van der Waals surface area contributed by atoms with Crippen LogP contribution in [0.15, 0.2) is 18.2 Å². The molecule has 4 nitrogen and oxygen atoms in total. The van der Waals surface area contributed by atoms with Crippen molar-refractivity contribution in [1.82, 2.24) is 0 Å². The van der Waals surface area contributed by atoms with Crippen LogP contribution in [0.4, 0.5) is 4.39 Å². The SMILES string of the molecule is COc1cc(F)ccc1C1CC(=O)OC(=O)C1. The highest BCUT2D eigenvalue weighted by molar-refractivity contribution is 5.89. The van der Waals surface area contributed by atoms with Crippen LogP contribution in [0.5, 0.6) is 5.75 Å². The number of ether oxygens (including phenoxy) is 2. The predicted molar refractivity (Wildman–Crippen MR) is 56.0 cm³/mol. The van der Waals surface area contributed by atoms with Crippen molar-refractivity contribution in [2.45, 2.75) is 18.8 Å². The van der Waals surface area contributed by atoms with Gasteiger partial charge in [-0.05, 0) is 11.6 Å². The first-order valence-corrected chi connectivity index (χ1v) is 5.17. The Morgan fingerprint density at radius 1 is 1.29 bits per heavy atom.